The number of anilines is 1. The van der Waals surface area contributed by atoms with Crippen LogP contribution in [0.4, 0.5) is 5.69 Å². The van der Waals surface area contributed by atoms with Crippen LogP contribution in [0, 0.1) is 0 Å². The Balaban J connectivity index is 1.74. The molecule has 0 saturated carbocycles. The number of benzene rings is 2. The molecule has 0 spiro atoms. The number of hydrazine groups is 1. The van der Waals surface area contributed by atoms with Gasteiger partial charge in [0, 0.05) is 17.8 Å². The van der Waals surface area contributed by atoms with Gasteiger partial charge in [-0.3, -0.25) is 10.0 Å². The summed E-state index contributed by atoms with van der Waals surface area (Å²) in [6.45, 7) is 2.13. The summed E-state index contributed by atoms with van der Waals surface area (Å²) in [4.78, 5) is 0. The van der Waals surface area contributed by atoms with Gasteiger partial charge in [0.25, 0.3) is 0 Å². The summed E-state index contributed by atoms with van der Waals surface area (Å²) in [6.07, 6.45) is 3.80. The maximum atomic E-state index is 2.50. The summed E-state index contributed by atoms with van der Waals surface area (Å²) in [5, 5.41) is 4.94. The zero-order valence-electron chi connectivity index (χ0n) is 12.2. The highest BCUT2D eigenvalue weighted by molar-refractivity contribution is 5.76. The second kappa shape index (κ2) is 5.28. The molecule has 4 rings (SSSR count). The van der Waals surface area contributed by atoms with E-state index in [2.05, 4.69) is 70.7 Å². The van der Waals surface area contributed by atoms with Crippen molar-refractivity contribution in [2.45, 2.75) is 19.3 Å². The molecule has 0 unspecified atom stereocenters. The topological polar surface area (TPSA) is 6.48 Å². The number of fused-ring (bicyclic) bond motifs is 1. The molecule has 2 aromatic rings. The number of piperidine rings is 1. The van der Waals surface area contributed by atoms with Gasteiger partial charge in [-0.15, -0.1) is 0 Å². The maximum Gasteiger partial charge on any atom is 0.0670 e. The van der Waals surface area contributed by atoms with Gasteiger partial charge in [-0.2, -0.15) is 0 Å². The van der Waals surface area contributed by atoms with Gasteiger partial charge in [0.2, 0.25) is 0 Å². The van der Waals surface area contributed by atoms with E-state index in [0.717, 1.165) is 13.1 Å². The molecule has 21 heavy (non-hydrogen) atoms. The predicted molar refractivity (Wildman–Crippen MR) is 87.7 cm³/mol. The van der Waals surface area contributed by atoms with E-state index < -0.39 is 0 Å². The van der Waals surface area contributed by atoms with Crippen LogP contribution in [-0.2, 0) is 0 Å². The van der Waals surface area contributed by atoms with E-state index in [0.29, 0.717) is 0 Å². The smallest absolute Gasteiger partial charge is 0.0670 e. The Kier molecular flexibility index (Phi) is 3.15. The lowest BCUT2D eigenvalue weighted by Gasteiger charge is -2.36. The second-order valence-corrected chi connectivity index (χ2v) is 5.76. The van der Waals surface area contributed by atoms with Crippen LogP contribution >= 0.6 is 0 Å². The maximum absolute atomic E-state index is 2.50. The number of hydrogen-bond donors (Lipinski definition) is 0. The van der Waals surface area contributed by atoms with Crippen LogP contribution in [0.25, 0.3) is 5.57 Å². The molecule has 2 heteroatoms. The third kappa shape index (κ3) is 2.21. The molecule has 1 saturated heterocycles. The molecule has 0 N–H and O–H groups in total. The Morgan fingerprint density at radius 3 is 2.19 bits per heavy atom. The van der Waals surface area contributed by atoms with E-state index >= 15 is 0 Å². The van der Waals surface area contributed by atoms with E-state index in [9.17, 15) is 0 Å². The predicted octanol–water partition coefficient (Wildman–Crippen LogP) is 4.32. The van der Waals surface area contributed by atoms with Gasteiger partial charge >= 0.3 is 0 Å². The normalized spacial score (nSPS) is 18.1. The molecule has 0 atom stereocenters. The average Bonchev–Trinajstić information content (AvgIpc) is 2.96. The van der Waals surface area contributed by atoms with Crippen molar-refractivity contribution in [3.05, 3.63) is 71.9 Å². The third-order valence-corrected chi connectivity index (χ3v) is 4.47. The number of para-hydroxylation sites is 1. The fourth-order valence-electron chi connectivity index (χ4n) is 3.45. The number of hydrogen-bond acceptors (Lipinski definition) is 2. The Labute approximate surface area is 126 Å². The van der Waals surface area contributed by atoms with Crippen molar-refractivity contribution in [1.29, 1.82) is 0 Å². The monoisotopic (exact) mass is 276 g/mol. The largest absolute Gasteiger partial charge is 0.289 e. The SMILES string of the molecule is c1ccc(C2=C3CCCCN3N(c3ccccc3)C2)cc1. The standard InChI is InChI=1S/C19H20N2/c1-3-9-16(10-4-1)18-15-21(17-11-5-2-6-12-17)20-14-8-7-13-19(18)20/h1-6,9-12H,7-8,13-15H2. The molecule has 0 aliphatic carbocycles. The molecule has 106 valence electrons. The first-order chi connectivity index (χ1) is 10.4. The summed E-state index contributed by atoms with van der Waals surface area (Å²) in [5.74, 6) is 0. The van der Waals surface area contributed by atoms with E-state index in [1.165, 1.54) is 41.8 Å². The summed E-state index contributed by atoms with van der Waals surface area (Å²) >= 11 is 0. The molecular formula is C19H20N2. The van der Waals surface area contributed by atoms with Crippen LogP contribution in [0.1, 0.15) is 24.8 Å². The van der Waals surface area contributed by atoms with Gasteiger partial charge in [0.1, 0.15) is 0 Å². The first kappa shape index (κ1) is 12.5. The fourth-order valence-corrected chi connectivity index (χ4v) is 3.45. The highest BCUT2D eigenvalue weighted by Gasteiger charge is 2.32. The van der Waals surface area contributed by atoms with Crippen LogP contribution in [0.5, 0.6) is 0 Å². The Morgan fingerprint density at radius 1 is 0.714 bits per heavy atom. The minimum absolute atomic E-state index is 0.989. The quantitative estimate of drug-likeness (QED) is 0.806. The lowest BCUT2D eigenvalue weighted by molar-refractivity contribution is 0.294. The highest BCUT2D eigenvalue weighted by Crippen LogP contribution is 2.38. The number of allylic oxidation sites excluding steroid dienone is 1. The van der Waals surface area contributed by atoms with E-state index in [4.69, 9.17) is 0 Å². The van der Waals surface area contributed by atoms with Crippen molar-refractivity contribution >= 4 is 11.3 Å². The van der Waals surface area contributed by atoms with Crippen molar-refractivity contribution in [2.24, 2.45) is 0 Å². The minimum Gasteiger partial charge on any atom is -0.289 e. The Hall–Kier alpha value is -2.22. The van der Waals surface area contributed by atoms with Gasteiger partial charge in [0.15, 0.2) is 0 Å². The van der Waals surface area contributed by atoms with Crippen molar-refractivity contribution in [3.63, 3.8) is 0 Å². The molecule has 2 aliphatic heterocycles. The molecule has 1 fully saturated rings. The molecule has 2 aromatic carbocycles. The van der Waals surface area contributed by atoms with E-state index in [1.54, 1.807) is 0 Å². The van der Waals surface area contributed by atoms with Crippen molar-refractivity contribution < 1.29 is 0 Å². The average molecular weight is 276 g/mol. The van der Waals surface area contributed by atoms with Crippen LogP contribution in [0.2, 0.25) is 0 Å². The zero-order valence-corrected chi connectivity index (χ0v) is 12.2. The lowest BCUT2D eigenvalue weighted by atomic mass is 10.00. The lowest BCUT2D eigenvalue weighted by Crippen LogP contribution is -2.39. The van der Waals surface area contributed by atoms with Gasteiger partial charge < -0.3 is 0 Å². The van der Waals surface area contributed by atoms with Crippen molar-refractivity contribution in [1.82, 2.24) is 5.01 Å². The van der Waals surface area contributed by atoms with Crippen molar-refractivity contribution in [3.8, 4) is 0 Å². The van der Waals surface area contributed by atoms with Crippen LogP contribution in [0.3, 0.4) is 0 Å². The van der Waals surface area contributed by atoms with Crippen LogP contribution in [-0.4, -0.2) is 18.1 Å². The van der Waals surface area contributed by atoms with Gasteiger partial charge in [0.05, 0.1) is 12.2 Å². The first-order valence-corrected chi connectivity index (χ1v) is 7.81. The molecule has 0 radical (unpaired) electrons. The second-order valence-electron chi connectivity index (χ2n) is 5.76. The summed E-state index contributed by atoms with van der Waals surface area (Å²) in [7, 11) is 0. The Morgan fingerprint density at radius 2 is 1.43 bits per heavy atom. The molecular weight excluding hydrogens is 256 g/mol. The molecule has 0 amide bonds. The van der Waals surface area contributed by atoms with Crippen LogP contribution in [0.15, 0.2) is 66.4 Å². The van der Waals surface area contributed by atoms with E-state index in [-0.39, 0.29) is 0 Å². The van der Waals surface area contributed by atoms with E-state index in [1.807, 2.05) is 0 Å². The first-order valence-electron chi connectivity index (χ1n) is 7.81. The number of rotatable bonds is 2. The molecule has 0 aromatic heterocycles. The molecule has 0 bridgehead atoms. The fraction of sp³-hybridized carbons (Fsp3) is 0.263. The van der Waals surface area contributed by atoms with Gasteiger partial charge in [-0.05, 0) is 37.0 Å². The van der Waals surface area contributed by atoms with Crippen LogP contribution < -0.4 is 5.01 Å². The molecule has 2 nitrogen and oxygen atoms in total. The van der Waals surface area contributed by atoms with Gasteiger partial charge in [-0.25, -0.2) is 0 Å². The Bertz CT molecular complexity index is 646. The van der Waals surface area contributed by atoms with Gasteiger partial charge in [-0.1, -0.05) is 48.5 Å². The summed E-state index contributed by atoms with van der Waals surface area (Å²) in [5.41, 5.74) is 5.69. The summed E-state index contributed by atoms with van der Waals surface area (Å²) < 4.78 is 0. The third-order valence-electron chi connectivity index (χ3n) is 4.47. The molecule has 2 heterocycles. The minimum atomic E-state index is 0.989. The molecule has 2 aliphatic rings. The summed E-state index contributed by atoms with van der Waals surface area (Å²) in [6, 6.07) is 21.6. The highest BCUT2D eigenvalue weighted by atomic mass is 15.6. The zero-order chi connectivity index (χ0) is 14.1. The number of nitrogens with zero attached hydrogens (tertiary/aromatic N) is 2. The van der Waals surface area contributed by atoms with Crippen molar-refractivity contribution in [2.75, 3.05) is 18.1 Å².